The Labute approximate surface area is 220 Å². The molecule has 3 N–H and O–H groups in total. The van der Waals surface area contributed by atoms with Crippen molar-refractivity contribution < 1.29 is 24.2 Å². The Hall–Kier alpha value is -3.82. The van der Waals surface area contributed by atoms with Crippen LogP contribution in [0.5, 0.6) is 17.2 Å². The maximum absolute atomic E-state index is 12.6. The lowest BCUT2D eigenvalue weighted by molar-refractivity contribution is 0.0690. The number of anilines is 1. The Balaban J connectivity index is 1.30. The predicted octanol–water partition coefficient (Wildman–Crippen LogP) is 5.33. The number of carboxylic acid groups (broad SMARTS) is 1. The molecule has 1 aromatic heterocycles. The van der Waals surface area contributed by atoms with Gasteiger partial charge in [0.15, 0.2) is 5.69 Å². The van der Waals surface area contributed by atoms with Crippen molar-refractivity contribution in [3.8, 4) is 17.2 Å². The molecule has 1 fully saturated rings. The average Bonchev–Trinajstić information content (AvgIpc) is 3.40. The number of nitrogens with zero attached hydrogens (tertiary/aromatic N) is 2. The summed E-state index contributed by atoms with van der Waals surface area (Å²) in [6.07, 6.45) is 3.82. The first-order valence-electron chi connectivity index (χ1n) is 12.0. The summed E-state index contributed by atoms with van der Waals surface area (Å²) in [5.41, 5.74) is 2.16. The number of rotatable bonds is 10. The van der Waals surface area contributed by atoms with Gasteiger partial charge in [-0.1, -0.05) is 23.7 Å². The lowest BCUT2D eigenvalue weighted by atomic mass is 10.2. The maximum Gasteiger partial charge on any atom is 0.354 e. The minimum atomic E-state index is -1.13. The minimum Gasteiger partial charge on any atom is -0.490 e. The fourth-order valence-electron chi connectivity index (χ4n) is 3.92. The van der Waals surface area contributed by atoms with Gasteiger partial charge in [-0.2, -0.15) is 0 Å². The molecule has 1 aliphatic heterocycles. The van der Waals surface area contributed by atoms with Gasteiger partial charge in [0.1, 0.15) is 23.9 Å². The van der Waals surface area contributed by atoms with Crippen molar-refractivity contribution >= 4 is 29.3 Å². The average molecular weight is 525 g/mol. The van der Waals surface area contributed by atoms with Crippen molar-refractivity contribution in [2.75, 3.05) is 31.6 Å². The van der Waals surface area contributed by atoms with Crippen LogP contribution in [0.2, 0.25) is 5.02 Å². The zero-order valence-corrected chi connectivity index (χ0v) is 21.3. The number of ether oxygens (including phenoxy) is 2. The fourth-order valence-corrected chi connectivity index (χ4v) is 4.08. The summed E-state index contributed by atoms with van der Waals surface area (Å²) in [7, 11) is 0. The molecule has 0 saturated carbocycles. The number of likely N-dealkylation sites (tertiary alicyclic amines) is 1. The third kappa shape index (κ3) is 7.58. The highest BCUT2D eigenvalue weighted by atomic mass is 35.5. The van der Waals surface area contributed by atoms with Crippen LogP contribution < -0.4 is 20.1 Å². The number of halogens is 1. The molecule has 0 spiro atoms. The summed E-state index contributed by atoms with van der Waals surface area (Å²) in [4.78, 5) is 29.8. The number of urea groups is 1. The van der Waals surface area contributed by atoms with Gasteiger partial charge < -0.3 is 25.2 Å². The second kappa shape index (κ2) is 12.4. The molecule has 0 atom stereocenters. The second-order valence-electron chi connectivity index (χ2n) is 8.73. The summed E-state index contributed by atoms with van der Waals surface area (Å²) in [5.74, 6) is 0.311. The molecule has 37 heavy (non-hydrogen) atoms. The quantitative estimate of drug-likeness (QED) is 0.328. The number of benzene rings is 2. The standard InChI is InChI=1S/C27H29ClN4O5/c1-18-14-23(25(16-22(18)28)36-13-12-32-10-2-3-11-32)31-27(35)30-17-19-4-6-20(7-5-19)37-21-8-9-29-24(15-21)26(33)34/h4-9,14-16H,2-3,10-13,17H2,1H3,(H,33,34)(H2,30,31,35). The molecule has 10 heteroatoms. The minimum absolute atomic E-state index is 0.0969. The third-order valence-electron chi connectivity index (χ3n) is 5.94. The number of pyridine rings is 1. The van der Waals surface area contributed by atoms with Crippen LogP contribution in [0.15, 0.2) is 54.7 Å². The van der Waals surface area contributed by atoms with Crippen LogP contribution in [0, 0.1) is 6.92 Å². The molecule has 9 nitrogen and oxygen atoms in total. The zero-order valence-electron chi connectivity index (χ0n) is 20.5. The topological polar surface area (TPSA) is 113 Å². The van der Waals surface area contributed by atoms with Gasteiger partial charge in [0, 0.05) is 36.4 Å². The lowest BCUT2D eigenvalue weighted by Gasteiger charge is -2.18. The van der Waals surface area contributed by atoms with Crippen LogP contribution in [-0.4, -0.2) is 53.2 Å². The van der Waals surface area contributed by atoms with Gasteiger partial charge >= 0.3 is 12.0 Å². The summed E-state index contributed by atoms with van der Waals surface area (Å²) in [6.45, 7) is 5.70. The first-order chi connectivity index (χ1) is 17.9. The van der Waals surface area contributed by atoms with Crippen molar-refractivity contribution in [3.63, 3.8) is 0 Å². The van der Waals surface area contributed by atoms with Gasteiger partial charge in [0.2, 0.25) is 0 Å². The smallest absolute Gasteiger partial charge is 0.354 e. The molecule has 0 unspecified atom stereocenters. The molecule has 1 aliphatic rings. The molecule has 0 radical (unpaired) electrons. The Kier molecular flexibility index (Phi) is 8.81. The Morgan fingerprint density at radius 2 is 1.84 bits per heavy atom. The number of amides is 2. The second-order valence-corrected chi connectivity index (χ2v) is 9.14. The van der Waals surface area contributed by atoms with Crippen LogP contribution in [0.3, 0.4) is 0 Å². The van der Waals surface area contributed by atoms with E-state index in [4.69, 9.17) is 26.2 Å². The Morgan fingerprint density at radius 3 is 2.57 bits per heavy atom. The molecular formula is C27H29ClN4O5. The highest BCUT2D eigenvalue weighted by molar-refractivity contribution is 6.31. The van der Waals surface area contributed by atoms with E-state index in [0.29, 0.717) is 41.1 Å². The van der Waals surface area contributed by atoms with Crippen LogP contribution in [-0.2, 0) is 6.54 Å². The van der Waals surface area contributed by atoms with Crippen molar-refractivity contribution in [1.29, 1.82) is 0 Å². The van der Waals surface area contributed by atoms with E-state index < -0.39 is 5.97 Å². The number of hydrogen-bond acceptors (Lipinski definition) is 6. The normalized spacial score (nSPS) is 13.2. The monoisotopic (exact) mass is 524 g/mol. The molecule has 2 amide bonds. The maximum atomic E-state index is 12.6. The van der Waals surface area contributed by atoms with Crippen molar-refractivity contribution in [3.05, 3.63) is 76.6 Å². The summed E-state index contributed by atoms with van der Waals surface area (Å²) >= 11 is 6.30. The van der Waals surface area contributed by atoms with E-state index in [0.717, 1.165) is 30.8 Å². The largest absolute Gasteiger partial charge is 0.490 e. The number of aromatic nitrogens is 1. The fraction of sp³-hybridized carbons (Fsp3) is 0.296. The summed E-state index contributed by atoms with van der Waals surface area (Å²) in [5, 5.41) is 15.3. The van der Waals surface area contributed by atoms with Crippen molar-refractivity contribution in [1.82, 2.24) is 15.2 Å². The number of carboxylic acids is 1. The van der Waals surface area contributed by atoms with Crippen LogP contribution >= 0.6 is 11.6 Å². The Bertz CT molecular complexity index is 1250. The predicted molar refractivity (Wildman–Crippen MR) is 141 cm³/mol. The molecule has 2 aromatic carbocycles. The number of hydrogen-bond donors (Lipinski definition) is 3. The molecule has 3 aromatic rings. The molecule has 1 saturated heterocycles. The highest BCUT2D eigenvalue weighted by Crippen LogP contribution is 2.31. The molecule has 194 valence electrons. The first kappa shape index (κ1) is 26.2. The van der Waals surface area contributed by atoms with E-state index >= 15 is 0 Å². The molecule has 4 rings (SSSR count). The van der Waals surface area contributed by atoms with Gasteiger partial charge in [-0.3, -0.25) is 4.90 Å². The highest BCUT2D eigenvalue weighted by Gasteiger charge is 2.14. The van der Waals surface area contributed by atoms with E-state index in [2.05, 4.69) is 20.5 Å². The van der Waals surface area contributed by atoms with Gasteiger partial charge in [-0.15, -0.1) is 0 Å². The zero-order chi connectivity index (χ0) is 26.2. The number of carbonyl (C=O) groups excluding carboxylic acids is 1. The first-order valence-corrected chi connectivity index (χ1v) is 12.4. The van der Waals surface area contributed by atoms with E-state index in [1.165, 1.54) is 25.1 Å². The number of aromatic carboxylic acids is 1. The molecular weight excluding hydrogens is 496 g/mol. The van der Waals surface area contributed by atoms with E-state index in [1.54, 1.807) is 30.3 Å². The SMILES string of the molecule is Cc1cc(NC(=O)NCc2ccc(Oc3ccnc(C(=O)O)c3)cc2)c(OCCN2CCCC2)cc1Cl. The summed E-state index contributed by atoms with van der Waals surface area (Å²) < 4.78 is 11.7. The van der Waals surface area contributed by atoms with Gasteiger partial charge in [0.25, 0.3) is 0 Å². The van der Waals surface area contributed by atoms with E-state index in [1.807, 2.05) is 19.1 Å². The van der Waals surface area contributed by atoms with Gasteiger partial charge in [-0.05, 0) is 68.2 Å². The summed E-state index contributed by atoms with van der Waals surface area (Å²) in [6, 6.07) is 13.2. The van der Waals surface area contributed by atoms with Crippen LogP contribution in [0.25, 0.3) is 0 Å². The van der Waals surface area contributed by atoms with E-state index in [-0.39, 0.29) is 11.7 Å². The van der Waals surface area contributed by atoms with Crippen LogP contribution in [0.4, 0.5) is 10.5 Å². The van der Waals surface area contributed by atoms with Crippen LogP contribution in [0.1, 0.15) is 34.5 Å². The van der Waals surface area contributed by atoms with Crippen molar-refractivity contribution in [2.45, 2.75) is 26.3 Å². The molecule has 0 aliphatic carbocycles. The molecule has 0 bridgehead atoms. The van der Waals surface area contributed by atoms with Gasteiger partial charge in [-0.25, -0.2) is 14.6 Å². The number of nitrogens with one attached hydrogen (secondary N) is 2. The molecule has 2 heterocycles. The third-order valence-corrected chi connectivity index (χ3v) is 6.34. The van der Waals surface area contributed by atoms with Gasteiger partial charge in [0.05, 0.1) is 5.69 Å². The Morgan fingerprint density at radius 1 is 1.08 bits per heavy atom. The van der Waals surface area contributed by atoms with Crippen molar-refractivity contribution in [2.24, 2.45) is 0 Å². The number of aryl methyl sites for hydroxylation is 1. The van der Waals surface area contributed by atoms with E-state index in [9.17, 15) is 9.59 Å². The number of carbonyl (C=O) groups is 2. The lowest BCUT2D eigenvalue weighted by Crippen LogP contribution is -2.29.